The van der Waals surface area contributed by atoms with Crippen molar-refractivity contribution < 1.29 is 12.8 Å². The summed E-state index contributed by atoms with van der Waals surface area (Å²) in [6.07, 6.45) is 0. The van der Waals surface area contributed by atoms with Crippen molar-refractivity contribution in [2.75, 3.05) is 5.73 Å². The summed E-state index contributed by atoms with van der Waals surface area (Å²) in [4.78, 5) is 0. The molecule has 1 unspecified atom stereocenters. The third-order valence-electron chi connectivity index (χ3n) is 2.97. The van der Waals surface area contributed by atoms with E-state index in [0.717, 1.165) is 0 Å². The number of hydrogen-bond donors (Lipinski definition) is 1. The first-order valence-corrected chi connectivity index (χ1v) is 7.21. The van der Waals surface area contributed by atoms with Crippen molar-refractivity contribution in [3.63, 3.8) is 0 Å². The molecule has 0 aliphatic heterocycles. The molecule has 0 bridgehead atoms. The maximum Gasteiger partial charge on any atom is 0.157 e. The number of nitrogens with two attached hydrogens (primary N) is 1. The molecule has 1 aromatic carbocycles. The van der Waals surface area contributed by atoms with Gasteiger partial charge in [-0.05, 0) is 36.6 Å². The fourth-order valence-electron chi connectivity index (χ4n) is 1.46. The summed E-state index contributed by atoms with van der Waals surface area (Å²) in [6.45, 7) is 5.35. The normalized spacial score (nSPS) is 13.9. The summed E-state index contributed by atoms with van der Waals surface area (Å²) >= 11 is 0. The summed E-state index contributed by atoms with van der Waals surface area (Å²) in [5, 5.41) is -0.467. The van der Waals surface area contributed by atoms with Crippen LogP contribution in [0.4, 0.5) is 10.1 Å². The fraction of sp³-hybridized carbons (Fsp3) is 0.500. The SMILES string of the molecule is CC(C)C(C)S(=O)(=O)Cc1cc(F)ccc1N. The van der Waals surface area contributed by atoms with Crippen LogP contribution in [0, 0.1) is 11.7 Å². The van der Waals surface area contributed by atoms with E-state index in [1.807, 2.05) is 13.8 Å². The Bertz CT molecular complexity index is 497. The number of anilines is 1. The zero-order valence-corrected chi connectivity index (χ0v) is 11.1. The predicted octanol–water partition coefficient (Wildman–Crippen LogP) is 2.37. The lowest BCUT2D eigenvalue weighted by Gasteiger charge is -2.17. The Morgan fingerprint density at radius 3 is 2.41 bits per heavy atom. The molecule has 1 rings (SSSR count). The monoisotopic (exact) mass is 259 g/mol. The highest BCUT2D eigenvalue weighted by atomic mass is 32.2. The average molecular weight is 259 g/mol. The molecule has 0 fully saturated rings. The molecule has 0 amide bonds. The number of benzene rings is 1. The molecule has 17 heavy (non-hydrogen) atoms. The van der Waals surface area contributed by atoms with E-state index in [1.54, 1.807) is 6.92 Å². The first-order valence-electron chi connectivity index (χ1n) is 5.49. The van der Waals surface area contributed by atoms with Gasteiger partial charge in [-0.25, -0.2) is 12.8 Å². The predicted molar refractivity (Wildman–Crippen MR) is 67.7 cm³/mol. The maximum absolute atomic E-state index is 13.0. The van der Waals surface area contributed by atoms with Crippen LogP contribution in [0.1, 0.15) is 26.3 Å². The van der Waals surface area contributed by atoms with Crippen LogP contribution in [-0.4, -0.2) is 13.7 Å². The van der Waals surface area contributed by atoms with Crippen LogP contribution in [0.25, 0.3) is 0 Å². The first-order chi connectivity index (χ1) is 7.74. The molecule has 0 aliphatic rings. The quantitative estimate of drug-likeness (QED) is 0.844. The van der Waals surface area contributed by atoms with Crippen LogP contribution in [-0.2, 0) is 15.6 Å². The second-order valence-corrected chi connectivity index (χ2v) is 6.96. The van der Waals surface area contributed by atoms with Crippen LogP contribution in [0.15, 0.2) is 18.2 Å². The van der Waals surface area contributed by atoms with Gasteiger partial charge in [0.05, 0.1) is 11.0 Å². The molecule has 96 valence electrons. The number of halogens is 1. The highest BCUT2D eigenvalue weighted by Crippen LogP contribution is 2.21. The minimum atomic E-state index is -3.30. The van der Waals surface area contributed by atoms with Gasteiger partial charge in [-0.15, -0.1) is 0 Å². The molecule has 0 heterocycles. The largest absolute Gasteiger partial charge is 0.398 e. The Morgan fingerprint density at radius 1 is 1.29 bits per heavy atom. The minimum Gasteiger partial charge on any atom is -0.398 e. The second-order valence-electron chi connectivity index (χ2n) is 4.60. The molecule has 0 saturated heterocycles. The maximum atomic E-state index is 13.0. The summed E-state index contributed by atoms with van der Waals surface area (Å²) in [7, 11) is -3.30. The van der Waals surface area contributed by atoms with Gasteiger partial charge in [0, 0.05) is 5.69 Å². The van der Waals surface area contributed by atoms with E-state index in [4.69, 9.17) is 5.73 Å². The Balaban J connectivity index is 3.02. The summed E-state index contributed by atoms with van der Waals surface area (Å²) in [6, 6.07) is 3.79. The zero-order valence-electron chi connectivity index (χ0n) is 10.3. The van der Waals surface area contributed by atoms with Gasteiger partial charge in [0.25, 0.3) is 0 Å². The van der Waals surface area contributed by atoms with Gasteiger partial charge in [0.1, 0.15) is 5.82 Å². The van der Waals surface area contributed by atoms with Crippen LogP contribution >= 0.6 is 0 Å². The van der Waals surface area contributed by atoms with Gasteiger partial charge in [0.2, 0.25) is 0 Å². The molecule has 0 aromatic heterocycles. The Hall–Kier alpha value is -1.10. The van der Waals surface area contributed by atoms with Gasteiger partial charge in [-0.3, -0.25) is 0 Å². The molecule has 2 N–H and O–H groups in total. The van der Waals surface area contributed by atoms with Crippen molar-refractivity contribution in [2.24, 2.45) is 5.92 Å². The molecule has 0 radical (unpaired) electrons. The highest BCUT2D eigenvalue weighted by molar-refractivity contribution is 7.91. The number of sulfone groups is 1. The first kappa shape index (κ1) is 14.0. The van der Waals surface area contributed by atoms with E-state index in [-0.39, 0.29) is 11.7 Å². The van der Waals surface area contributed by atoms with Gasteiger partial charge < -0.3 is 5.73 Å². The molecule has 1 atom stereocenters. The van der Waals surface area contributed by atoms with Gasteiger partial charge in [-0.2, -0.15) is 0 Å². The molecule has 1 aromatic rings. The zero-order chi connectivity index (χ0) is 13.2. The van der Waals surface area contributed by atoms with E-state index >= 15 is 0 Å². The van der Waals surface area contributed by atoms with Crippen molar-refractivity contribution in [3.8, 4) is 0 Å². The summed E-state index contributed by atoms with van der Waals surface area (Å²) in [5.41, 5.74) is 6.28. The van der Waals surface area contributed by atoms with Crippen LogP contribution in [0.2, 0.25) is 0 Å². The van der Waals surface area contributed by atoms with E-state index in [0.29, 0.717) is 11.3 Å². The third kappa shape index (κ3) is 3.43. The third-order valence-corrected chi connectivity index (χ3v) is 5.36. The molecular formula is C12H18FNO2S. The van der Waals surface area contributed by atoms with Crippen LogP contribution < -0.4 is 5.73 Å². The fourth-order valence-corrected chi connectivity index (χ4v) is 3.24. The minimum absolute atomic E-state index is 0.0229. The summed E-state index contributed by atoms with van der Waals surface area (Å²) in [5.74, 6) is -0.660. The number of nitrogen functional groups attached to an aromatic ring is 1. The standard InChI is InChI=1S/C12H18FNO2S/c1-8(2)9(3)17(15,16)7-10-6-11(13)4-5-12(10)14/h4-6,8-9H,7,14H2,1-3H3. The molecule has 5 heteroatoms. The molecular weight excluding hydrogens is 241 g/mol. The Labute approximate surface area is 102 Å². The van der Waals surface area contributed by atoms with Gasteiger partial charge in [-0.1, -0.05) is 13.8 Å². The van der Waals surface area contributed by atoms with Crippen molar-refractivity contribution in [3.05, 3.63) is 29.6 Å². The van der Waals surface area contributed by atoms with E-state index in [9.17, 15) is 12.8 Å². The lowest BCUT2D eigenvalue weighted by Crippen LogP contribution is -2.25. The topological polar surface area (TPSA) is 60.2 Å². The van der Waals surface area contributed by atoms with Gasteiger partial charge in [0.15, 0.2) is 9.84 Å². The highest BCUT2D eigenvalue weighted by Gasteiger charge is 2.25. The molecule has 0 aliphatic carbocycles. The molecule has 0 saturated carbocycles. The summed E-state index contributed by atoms with van der Waals surface area (Å²) < 4.78 is 37.1. The Kier molecular flexibility index (Phi) is 4.14. The van der Waals surface area contributed by atoms with Crippen molar-refractivity contribution >= 4 is 15.5 Å². The number of rotatable bonds is 4. The molecule has 0 spiro atoms. The van der Waals surface area contributed by atoms with E-state index in [1.165, 1.54) is 18.2 Å². The lowest BCUT2D eigenvalue weighted by atomic mass is 10.2. The van der Waals surface area contributed by atoms with Crippen molar-refractivity contribution in [1.29, 1.82) is 0 Å². The Morgan fingerprint density at radius 2 is 1.88 bits per heavy atom. The van der Waals surface area contributed by atoms with Crippen molar-refractivity contribution in [2.45, 2.75) is 31.8 Å². The second kappa shape index (κ2) is 5.04. The van der Waals surface area contributed by atoms with Crippen LogP contribution in [0.3, 0.4) is 0 Å². The van der Waals surface area contributed by atoms with E-state index in [2.05, 4.69) is 0 Å². The van der Waals surface area contributed by atoms with Gasteiger partial charge >= 0.3 is 0 Å². The lowest BCUT2D eigenvalue weighted by molar-refractivity contribution is 0.545. The average Bonchev–Trinajstić information content (AvgIpc) is 2.21. The molecule has 3 nitrogen and oxygen atoms in total. The van der Waals surface area contributed by atoms with Crippen molar-refractivity contribution in [1.82, 2.24) is 0 Å². The smallest absolute Gasteiger partial charge is 0.157 e. The number of hydrogen-bond acceptors (Lipinski definition) is 3. The van der Waals surface area contributed by atoms with E-state index < -0.39 is 20.9 Å². The van der Waals surface area contributed by atoms with Crippen LogP contribution in [0.5, 0.6) is 0 Å².